The van der Waals surface area contributed by atoms with Crippen LogP contribution in [0, 0.1) is 11.7 Å². The summed E-state index contributed by atoms with van der Waals surface area (Å²) in [5.74, 6) is -0.594. The zero-order valence-electron chi connectivity index (χ0n) is 13.4. The van der Waals surface area contributed by atoms with E-state index >= 15 is 0 Å². The number of anilines is 1. The van der Waals surface area contributed by atoms with Crippen LogP contribution in [-0.4, -0.2) is 12.5 Å². The maximum Gasteiger partial charge on any atom is 0.228 e. The Hall–Kier alpha value is -1.62. The van der Waals surface area contributed by atoms with Gasteiger partial charge in [0, 0.05) is 22.5 Å². The van der Waals surface area contributed by atoms with Gasteiger partial charge in [-0.05, 0) is 60.2 Å². The van der Waals surface area contributed by atoms with Crippen LogP contribution in [0.1, 0.15) is 29.0 Å². The Labute approximate surface area is 155 Å². The minimum Gasteiger partial charge on any atom is -0.323 e. The van der Waals surface area contributed by atoms with E-state index in [1.165, 1.54) is 0 Å². The van der Waals surface area contributed by atoms with Crippen molar-refractivity contribution in [3.8, 4) is 0 Å². The van der Waals surface area contributed by atoms with Gasteiger partial charge in [0.05, 0.1) is 5.69 Å². The maximum atomic E-state index is 14.6. The predicted octanol–water partition coefficient (Wildman–Crippen LogP) is 4.52. The summed E-state index contributed by atoms with van der Waals surface area (Å²) in [6, 6.07) is 8.83. The van der Waals surface area contributed by atoms with Crippen molar-refractivity contribution in [1.82, 2.24) is 5.32 Å². The average molecular weight is 379 g/mol. The van der Waals surface area contributed by atoms with E-state index in [2.05, 4.69) is 10.6 Å². The maximum absolute atomic E-state index is 14.6. The molecule has 1 saturated carbocycles. The van der Waals surface area contributed by atoms with Crippen molar-refractivity contribution in [1.29, 1.82) is 0 Å². The summed E-state index contributed by atoms with van der Waals surface area (Å²) < 4.78 is 14.6. The number of amides is 1. The first-order valence-corrected chi connectivity index (χ1v) is 9.07. The molecule has 2 aliphatic rings. The zero-order chi connectivity index (χ0) is 17.6. The number of hydrogen-bond acceptors (Lipinski definition) is 2. The highest BCUT2D eigenvalue weighted by Gasteiger charge is 2.45. The second kappa shape index (κ2) is 6.60. The van der Waals surface area contributed by atoms with Crippen LogP contribution in [0.15, 0.2) is 30.3 Å². The van der Waals surface area contributed by atoms with Gasteiger partial charge in [0.25, 0.3) is 0 Å². The third kappa shape index (κ3) is 3.26. The zero-order valence-corrected chi connectivity index (χ0v) is 14.9. The molecule has 1 fully saturated rings. The summed E-state index contributed by atoms with van der Waals surface area (Å²) in [5, 5.41) is 7.10. The molecule has 1 amide bonds. The molecule has 2 unspecified atom stereocenters. The van der Waals surface area contributed by atoms with Crippen LogP contribution in [0.2, 0.25) is 10.0 Å². The molecule has 3 nitrogen and oxygen atoms in total. The van der Waals surface area contributed by atoms with Crippen molar-refractivity contribution in [2.24, 2.45) is 5.92 Å². The van der Waals surface area contributed by atoms with E-state index in [-0.39, 0.29) is 29.2 Å². The monoisotopic (exact) mass is 378 g/mol. The van der Waals surface area contributed by atoms with E-state index < -0.39 is 0 Å². The second-order valence-corrected chi connectivity index (χ2v) is 7.44. The van der Waals surface area contributed by atoms with Crippen LogP contribution in [0.25, 0.3) is 0 Å². The van der Waals surface area contributed by atoms with Gasteiger partial charge in [-0.1, -0.05) is 35.3 Å². The van der Waals surface area contributed by atoms with Crippen LogP contribution in [0.4, 0.5) is 10.1 Å². The van der Waals surface area contributed by atoms with Crippen molar-refractivity contribution in [3.63, 3.8) is 0 Å². The van der Waals surface area contributed by atoms with Crippen LogP contribution >= 0.6 is 23.2 Å². The van der Waals surface area contributed by atoms with Gasteiger partial charge >= 0.3 is 0 Å². The summed E-state index contributed by atoms with van der Waals surface area (Å²) in [7, 11) is 0. The first-order chi connectivity index (χ1) is 12.0. The van der Waals surface area contributed by atoms with Crippen molar-refractivity contribution in [2.75, 3.05) is 11.9 Å². The largest absolute Gasteiger partial charge is 0.323 e. The number of benzene rings is 2. The fourth-order valence-electron chi connectivity index (χ4n) is 3.49. The molecule has 0 spiro atoms. The SMILES string of the molecule is O=C(Nc1ccc2c(c1F)CCNC2)C1CC1c1ccc(Cl)cc1Cl. The fraction of sp³-hybridized carbons (Fsp3) is 0.316. The van der Waals surface area contributed by atoms with E-state index in [0.29, 0.717) is 35.0 Å². The Morgan fingerprint density at radius 2 is 2.08 bits per heavy atom. The molecule has 2 aromatic rings. The van der Waals surface area contributed by atoms with Crippen molar-refractivity contribution in [3.05, 3.63) is 62.9 Å². The highest BCUT2D eigenvalue weighted by Crippen LogP contribution is 2.50. The molecule has 6 heteroatoms. The molecule has 2 atom stereocenters. The van der Waals surface area contributed by atoms with Crippen LogP contribution in [0.3, 0.4) is 0 Å². The normalized spacial score (nSPS) is 21.6. The van der Waals surface area contributed by atoms with Crippen LogP contribution < -0.4 is 10.6 Å². The molecule has 2 N–H and O–H groups in total. The second-order valence-electron chi connectivity index (χ2n) is 6.60. The van der Waals surface area contributed by atoms with Gasteiger partial charge in [-0.25, -0.2) is 4.39 Å². The van der Waals surface area contributed by atoms with Gasteiger partial charge < -0.3 is 10.6 Å². The standard InChI is InChI=1S/C19H17Cl2FN2O/c20-11-2-3-13(16(21)7-11)14-8-15(14)19(25)24-17-4-1-10-9-23-6-5-12(10)18(17)22/h1-4,7,14-15,23H,5-6,8-9H2,(H,24,25). The summed E-state index contributed by atoms with van der Waals surface area (Å²) in [4.78, 5) is 12.5. The summed E-state index contributed by atoms with van der Waals surface area (Å²) in [5.41, 5.74) is 2.84. The molecule has 1 heterocycles. The number of carbonyl (C=O) groups is 1. The van der Waals surface area contributed by atoms with Gasteiger partial charge in [-0.2, -0.15) is 0 Å². The highest BCUT2D eigenvalue weighted by molar-refractivity contribution is 6.35. The quantitative estimate of drug-likeness (QED) is 0.823. The van der Waals surface area contributed by atoms with Crippen molar-refractivity contribution >= 4 is 34.8 Å². The van der Waals surface area contributed by atoms with E-state index in [4.69, 9.17) is 23.2 Å². The molecule has 2 aromatic carbocycles. The number of rotatable bonds is 3. The number of halogens is 3. The molecule has 4 rings (SSSR count). The molecule has 130 valence electrons. The van der Waals surface area contributed by atoms with Crippen LogP contribution in [-0.2, 0) is 17.8 Å². The lowest BCUT2D eigenvalue weighted by Crippen LogP contribution is -2.25. The van der Waals surface area contributed by atoms with Gasteiger partial charge in [0.2, 0.25) is 5.91 Å². The van der Waals surface area contributed by atoms with E-state index in [1.54, 1.807) is 18.2 Å². The lowest BCUT2D eigenvalue weighted by molar-refractivity contribution is -0.117. The Bertz CT molecular complexity index is 856. The van der Waals surface area contributed by atoms with Gasteiger partial charge in [0.15, 0.2) is 0 Å². The number of nitrogens with one attached hydrogen (secondary N) is 2. The number of hydrogen-bond donors (Lipinski definition) is 2. The lowest BCUT2D eigenvalue weighted by atomic mass is 9.99. The topological polar surface area (TPSA) is 41.1 Å². The molecule has 1 aliphatic carbocycles. The van der Waals surface area contributed by atoms with Gasteiger partial charge in [-0.3, -0.25) is 4.79 Å². The van der Waals surface area contributed by atoms with Crippen molar-refractivity contribution < 1.29 is 9.18 Å². The predicted molar refractivity (Wildman–Crippen MR) is 97.8 cm³/mol. The summed E-state index contributed by atoms with van der Waals surface area (Å²) in [6.07, 6.45) is 1.35. The molecule has 1 aliphatic heterocycles. The average Bonchev–Trinajstić information content (AvgIpc) is 3.38. The Balaban J connectivity index is 1.48. The van der Waals surface area contributed by atoms with E-state index in [1.807, 2.05) is 12.1 Å². The molecule has 0 saturated heterocycles. The minimum atomic E-state index is -0.311. The molecular formula is C19H17Cl2FN2O. The number of carbonyl (C=O) groups excluding carboxylic acids is 1. The molecule has 0 radical (unpaired) electrons. The fourth-order valence-corrected chi connectivity index (χ4v) is 4.03. The Morgan fingerprint density at radius 3 is 2.88 bits per heavy atom. The van der Waals surface area contributed by atoms with Gasteiger partial charge in [-0.15, -0.1) is 0 Å². The number of fused-ring (bicyclic) bond motifs is 1. The van der Waals surface area contributed by atoms with E-state index in [9.17, 15) is 9.18 Å². The molecule has 25 heavy (non-hydrogen) atoms. The minimum absolute atomic E-state index is 0.0645. The van der Waals surface area contributed by atoms with Gasteiger partial charge in [0.1, 0.15) is 5.82 Å². The third-order valence-corrected chi connectivity index (χ3v) is 5.52. The first kappa shape index (κ1) is 16.8. The summed E-state index contributed by atoms with van der Waals surface area (Å²) in [6.45, 7) is 1.42. The lowest BCUT2D eigenvalue weighted by Gasteiger charge is -2.19. The van der Waals surface area contributed by atoms with Crippen LogP contribution in [0.5, 0.6) is 0 Å². The Kier molecular flexibility index (Phi) is 4.44. The first-order valence-electron chi connectivity index (χ1n) is 8.31. The third-order valence-electron chi connectivity index (χ3n) is 4.95. The Morgan fingerprint density at radius 1 is 1.24 bits per heavy atom. The summed E-state index contributed by atoms with van der Waals surface area (Å²) >= 11 is 12.1. The van der Waals surface area contributed by atoms with Crippen molar-refractivity contribution in [2.45, 2.75) is 25.3 Å². The molecular weight excluding hydrogens is 362 g/mol. The van der Waals surface area contributed by atoms with E-state index in [0.717, 1.165) is 17.7 Å². The smallest absolute Gasteiger partial charge is 0.228 e. The highest BCUT2D eigenvalue weighted by atomic mass is 35.5. The molecule has 0 aromatic heterocycles. The molecule has 0 bridgehead atoms.